The zero-order valence-corrected chi connectivity index (χ0v) is 74.2. The van der Waals surface area contributed by atoms with Gasteiger partial charge < -0.3 is 0 Å². The van der Waals surface area contributed by atoms with E-state index >= 15 is 0 Å². The molecule has 0 aliphatic carbocycles. The van der Waals surface area contributed by atoms with Crippen LogP contribution in [-0.4, -0.2) is 56.5 Å². The highest BCUT2D eigenvalue weighted by Crippen LogP contribution is 2.27. The second-order valence-electron chi connectivity index (χ2n) is 35.6. The van der Waals surface area contributed by atoms with Crippen molar-refractivity contribution in [2.45, 2.75) is 285 Å². The molecule has 0 fully saturated rings. The normalized spacial score (nSPS) is 12.1. The van der Waals surface area contributed by atoms with Gasteiger partial charge in [0.05, 0.1) is 56.5 Å². The van der Waals surface area contributed by atoms with E-state index in [4.69, 9.17) is 0 Å². The van der Waals surface area contributed by atoms with E-state index in [0.717, 1.165) is 0 Å². The van der Waals surface area contributed by atoms with E-state index in [9.17, 15) is 0 Å². The van der Waals surface area contributed by atoms with Crippen molar-refractivity contribution in [2.24, 2.45) is 0 Å². The molecule has 7 heteroatoms. The van der Waals surface area contributed by atoms with Crippen LogP contribution in [0.5, 0.6) is 0 Å². The summed E-state index contributed by atoms with van der Waals surface area (Å²) in [5, 5.41) is 11.5. The van der Waals surface area contributed by atoms with Crippen molar-refractivity contribution >= 4 is 92.8 Å². The molecule has 0 heterocycles. The summed E-state index contributed by atoms with van der Waals surface area (Å²) >= 11 is 0. The van der Waals surface area contributed by atoms with Crippen LogP contribution < -0.4 is 36.3 Å². The monoisotopic (exact) mass is 1360 g/mol. The SMILES string of the molecule is Cc1c(C(C)C)cccc1C(C)C.Cc1c([Si](C)(C)C)cc([Si](C)(C)C)cc1[Si](C)(C)C.Cc1cc([Si](C)(C)C)cc([Si](C)(C)C)c1.Cc1ccc(C(C)C)cc1.Cc1ccc([Si](C)(C)C)cc1[Si](C)(C)C.Cc1cccc(C(C)C)c1.Cc1ccccc1C(C)C. The van der Waals surface area contributed by atoms with E-state index < -0.39 is 56.5 Å². The van der Waals surface area contributed by atoms with Crippen molar-refractivity contribution in [3.05, 3.63) is 206 Å². The summed E-state index contributed by atoms with van der Waals surface area (Å²) in [6, 6.07) is 52.1. The first kappa shape index (κ1) is 86.1. The van der Waals surface area contributed by atoms with Gasteiger partial charge in [0.15, 0.2) is 0 Å². The van der Waals surface area contributed by atoms with E-state index in [1.165, 1.54) is 61.2 Å². The minimum absolute atomic E-state index is 0.638. The van der Waals surface area contributed by atoms with Crippen LogP contribution in [0.4, 0.5) is 0 Å². The molecule has 0 aliphatic rings. The molecular weight excluding hydrogens is 1220 g/mol. The smallest absolute Gasteiger partial charge is 0.0656 e. The number of aryl methyl sites for hydroxylation is 5. The molecule has 0 amide bonds. The maximum atomic E-state index is 2.57. The number of hydrogen-bond donors (Lipinski definition) is 0. The highest BCUT2D eigenvalue weighted by atomic mass is 28.3. The van der Waals surface area contributed by atoms with Crippen molar-refractivity contribution in [1.29, 1.82) is 0 Å². The van der Waals surface area contributed by atoms with Gasteiger partial charge in [0.2, 0.25) is 0 Å². The first-order valence-electron chi connectivity index (χ1n) is 35.3. The molecule has 0 spiro atoms. The third-order valence-corrected chi connectivity index (χ3v) is 32.1. The van der Waals surface area contributed by atoms with Crippen molar-refractivity contribution < 1.29 is 0 Å². The molecule has 7 aromatic rings. The van der Waals surface area contributed by atoms with E-state index in [0.29, 0.717) is 29.6 Å². The Labute approximate surface area is 579 Å². The number of rotatable bonds is 12. The fourth-order valence-corrected chi connectivity index (χ4v) is 22.5. The Balaban J connectivity index is 0.000000543. The maximum absolute atomic E-state index is 2.57. The van der Waals surface area contributed by atoms with Gasteiger partial charge in [-0.1, -0.05) is 410 Å². The van der Waals surface area contributed by atoms with Crippen molar-refractivity contribution in [3.8, 4) is 0 Å². The van der Waals surface area contributed by atoms with Crippen molar-refractivity contribution in [1.82, 2.24) is 0 Å². The van der Waals surface area contributed by atoms with Gasteiger partial charge >= 0.3 is 0 Å². The van der Waals surface area contributed by atoms with Gasteiger partial charge in [0, 0.05) is 0 Å². The van der Waals surface area contributed by atoms with Gasteiger partial charge in [0.1, 0.15) is 0 Å². The summed E-state index contributed by atoms with van der Waals surface area (Å²) < 4.78 is 0. The van der Waals surface area contributed by atoms with Gasteiger partial charge in [-0.25, -0.2) is 0 Å². The molecule has 510 valence electrons. The second-order valence-corrected chi connectivity index (χ2v) is 71.0. The fraction of sp³-hybridized carbons (Fsp3) is 0.506. The second kappa shape index (κ2) is 36.4. The molecule has 0 unspecified atom stereocenters. The summed E-state index contributed by atoms with van der Waals surface area (Å²) in [6.45, 7) is 89.3. The molecule has 0 bridgehead atoms. The Morgan fingerprint density at radius 3 is 0.902 bits per heavy atom. The molecule has 0 nitrogen and oxygen atoms in total. The van der Waals surface area contributed by atoms with Crippen LogP contribution in [0.15, 0.2) is 140 Å². The lowest BCUT2D eigenvalue weighted by Crippen LogP contribution is -2.53. The summed E-state index contributed by atoms with van der Waals surface area (Å²) in [6.07, 6.45) is 0. The van der Waals surface area contributed by atoms with Crippen LogP contribution in [0.1, 0.15) is 166 Å². The van der Waals surface area contributed by atoms with E-state index in [1.54, 1.807) is 41.9 Å². The quantitative estimate of drug-likeness (QED) is 0.107. The summed E-state index contributed by atoms with van der Waals surface area (Å²) in [4.78, 5) is 0. The average molecular weight is 1360 g/mol. The lowest BCUT2D eigenvalue weighted by Gasteiger charge is -2.30. The van der Waals surface area contributed by atoms with Crippen LogP contribution in [0.3, 0.4) is 0 Å². The third-order valence-electron chi connectivity index (χ3n) is 17.5. The van der Waals surface area contributed by atoms with Crippen molar-refractivity contribution in [2.75, 3.05) is 0 Å². The molecule has 0 atom stereocenters. The Kier molecular flexibility index (Phi) is 34.1. The van der Waals surface area contributed by atoms with Gasteiger partial charge in [-0.3, -0.25) is 0 Å². The Hall–Kier alpha value is -3.94. The van der Waals surface area contributed by atoms with Gasteiger partial charge in [-0.05, 0) is 117 Å². The molecule has 0 saturated heterocycles. The van der Waals surface area contributed by atoms with E-state index in [2.05, 4.69) is 395 Å². The van der Waals surface area contributed by atoms with Crippen LogP contribution in [0.2, 0.25) is 137 Å². The van der Waals surface area contributed by atoms with Gasteiger partial charge in [-0.15, -0.1) is 0 Å². The molecule has 92 heavy (non-hydrogen) atoms. The predicted octanol–water partition coefficient (Wildman–Crippen LogP) is 23.4. The zero-order valence-electron chi connectivity index (χ0n) is 67.2. The number of hydrogen-bond acceptors (Lipinski definition) is 0. The molecular formula is C85H142Si7. The average Bonchev–Trinajstić information content (AvgIpc) is 0.786. The van der Waals surface area contributed by atoms with Gasteiger partial charge in [0.25, 0.3) is 0 Å². The topological polar surface area (TPSA) is 0 Å². The van der Waals surface area contributed by atoms with E-state index in [1.807, 2.05) is 0 Å². The maximum Gasteiger partial charge on any atom is 0.0779 e. The minimum Gasteiger partial charge on any atom is -0.0656 e. The molecule has 7 rings (SSSR count). The van der Waals surface area contributed by atoms with E-state index in [-0.39, 0.29) is 0 Å². The molecule has 0 radical (unpaired) electrons. The summed E-state index contributed by atoms with van der Waals surface area (Å²) in [5.41, 5.74) is 17.4. The van der Waals surface area contributed by atoms with Crippen LogP contribution >= 0.6 is 0 Å². The Bertz CT molecular complexity index is 3230. The Morgan fingerprint density at radius 1 is 0.217 bits per heavy atom. The zero-order chi connectivity index (χ0) is 71.6. The highest BCUT2D eigenvalue weighted by Gasteiger charge is 2.30. The van der Waals surface area contributed by atoms with Crippen LogP contribution in [-0.2, 0) is 0 Å². The molecule has 0 aromatic heterocycles. The molecule has 0 N–H and O–H groups in total. The standard InChI is InChI=1S/C16H32Si3.2C13H24Si2.C13H20.3C10H14/c1-13-15(18(5,6)7)11-14(17(2,3)4)12-16(13)19(8,9)10;1-11-8-12(14(2,3)4)10-13(9-11)15(5,6)7;1-11-8-9-12(14(2,3)4)10-13(11)15(5,6)7;1-9(2)12-7-6-8-13(10(3)4)11(12)5;1-8(2)10-6-4-9(3)5-7-10;1-8(2)10-6-4-5-9(3)7-10;1-8(2)10-7-5-4-6-9(10)3/h11-12H,1-10H3;2*8-10H,1-7H3;6-10H,1-5H3;3*4-8H,1-3H3. The summed E-state index contributed by atoms with van der Waals surface area (Å²) in [5.74, 6) is 3.24. The first-order chi connectivity index (χ1) is 41.6. The highest BCUT2D eigenvalue weighted by molar-refractivity contribution is 6.95. The van der Waals surface area contributed by atoms with Crippen LogP contribution in [0, 0.1) is 48.5 Å². The largest absolute Gasteiger partial charge is 0.0779 e. The van der Waals surface area contributed by atoms with Gasteiger partial charge in [-0.2, -0.15) is 0 Å². The minimum atomic E-state index is -1.25. The van der Waals surface area contributed by atoms with Crippen molar-refractivity contribution in [3.63, 3.8) is 0 Å². The third kappa shape index (κ3) is 30.0. The summed E-state index contributed by atoms with van der Waals surface area (Å²) in [7, 11) is -8.36. The Morgan fingerprint density at radius 2 is 0.576 bits per heavy atom. The predicted molar refractivity (Wildman–Crippen MR) is 450 cm³/mol. The molecule has 0 saturated carbocycles. The molecule has 7 aromatic carbocycles. The first-order valence-corrected chi connectivity index (χ1v) is 59.8. The molecule has 0 aliphatic heterocycles. The fourth-order valence-electron chi connectivity index (χ4n) is 11.4. The van der Waals surface area contributed by atoms with Crippen LogP contribution in [0.25, 0.3) is 0 Å². The lowest BCUT2D eigenvalue weighted by atomic mass is 9.90. The lowest BCUT2D eigenvalue weighted by molar-refractivity contribution is 0.817. The number of benzene rings is 7.